The van der Waals surface area contributed by atoms with Crippen LogP contribution in [0.4, 0.5) is 0 Å². The summed E-state index contributed by atoms with van der Waals surface area (Å²) in [5, 5.41) is 0. The van der Waals surface area contributed by atoms with E-state index in [0.29, 0.717) is 11.6 Å². The van der Waals surface area contributed by atoms with Gasteiger partial charge in [0.1, 0.15) is 0 Å². The summed E-state index contributed by atoms with van der Waals surface area (Å²) in [6, 6.07) is 14.4. The van der Waals surface area contributed by atoms with Crippen molar-refractivity contribution in [1.29, 1.82) is 0 Å². The molecular formula is C17H18N2O. The molecule has 102 valence electrons. The summed E-state index contributed by atoms with van der Waals surface area (Å²) in [4.78, 5) is 18.6. The van der Waals surface area contributed by atoms with Crippen LogP contribution in [-0.2, 0) is 6.42 Å². The summed E-state index contributed by atoms with van der Waals surface area (Å²) < 4.78 is 0. The molecule has 1 saturated heterocycles. The van der Waals surface area contributed by atoms with Gasteiger partial charge in [-0.05, 0) is 37.0 Å². The summed E-state index contributed by atoms with van der Waals surface area (Å²) in [7, 11) is 0. The fourth-order valence-electron chi connectivity index (χ4n) is 2.86. The van der Waals surface area contributed by atoms with Crippen LogP contribution in [0.2, 0.25) is 0 Å². The van der Waals surface area contributed by atoms with Crippen molar-refractivity contribution in [1.82, 2.24) is 9.88 Å². The van der Waals surface area contributed by atoms with Crippen molar-refractivity contribution in [2.75, 3.05) is 6.54 Å². The molecule has 0 aliphatic carbocycles. The number of amides is 1. The van der Waals surface area contributed by atoms with Crippen LogP contribution in [0.1, 0.15) is 28.8 Å². The Morgan fingerprint density at radius 1 is 1.20 bits per heavy atom. The highest BCUT2D eigenvalue weighted by Crippen LogP contribution is 2.23. The second kappa shape index (κ2) is 5.87. The number of hydrogen-bond acceptors (Lipinski definition) is 2. The van der Waals surface area contributed by atoms with E-state index in [1.165, 1.54) is 5.56 Å². The largest absolute Gasteiger partial charge is 0.335 e. The van der Waals surface area contributed by atoms with Gasteiger partial charge in [0.25, 0.3) is 5.91 Å². The molecule has 1 amide bonds. The van der Waals surface area contributed by atoms with Gasteiger partial charge >= 0.3 is 0 Å². The molecule has 0 bridgehead atoms. The number of pyridine rings is 1. The van der Waals surface area contributed by atoms with Gasteiger partial charge in [-0.3, -0.25) is 9.78 Å². The Labute approximate surface area is 119 Å². The molecule has 1 aliphatic heterocycles. The van der Waals surface area contributed by atoms with Gasteiger partial charge in [-0.1, -0.05) is 30.3 Å². The second-order valence-corrected chi connectivity index (χ2v) is 5.23. The molecule has 3 nitrogen and oxygen atoms in total. The Balaban J connectivity index is 1.74. The highest BCUT2D eigenvalue weighted by atomic mass is 16.2. The zero-order valence-electron chi connectivity index (χ0n) is 11.4. The van der Waals surface area contributed by atoms with Crippen LogP contribution >= 0.6 is 0 Å². The summed E-state index contributed by atoms with van der Waals surface area (Å²) in [5.41, 5.74) is 1.98. The molecule has 2 heterocycles. The molecular weight excluding hydrogens is 248 g/mol. The van der Waals surface area contributed by atoms with Gasteiger partial charge in [-0.15, -0.1) is 0 Å². The lowest BCUT2D eigenvalue weighted by Gasteiger charge is -2.24. The molecule has 3 rings (SSSR count). The Bertz CT molecular complexity index is 568. The quantitative estimate of drug-likeness (QED) is 0.855. The molecule has 2 aromatic rings. The normalized spacial score (nSPS) is 18.2. The first-order valence-electron chi connectivity index (χ1n) is 7.09. The summed E-state index contributed by atoms with van der Waals surface area (Å²) in [6.45, 7) is 0.852. The fourth-order valence-corrected chi connectivity index (χ4v) is 2.86. The highest BCUT2D eigenvalue weighted by molar-refractivity contribution is 5.94. The molecule has 0 N–H and O–H groups in total. The number of carbonyl (C=O) groups excluding carboxylic acids is 1. The van der Waals surface area contributed by atoms with Crippen molar-refractivity contribution in [3.63, 3.8) is 0 Å². The number of aromatic nitrogens is 1. The average molecular weight is 266 g/mol. The van der Waals surface area contributed by atoms with Gasteiger partial charge in [0.05, 0.1) is 5.56 Å². The van der Waals surface area contributed by atoms with Crippen molar-refractivity contribution in [3.8, 4) is 0 Å². The van der Waals surface area contributed by atoms with E-state index in [2.05, 4.69) is 29.2 Å². The third kappa shape index (κ3) is 2.72. The maximum Gasteiger partial charge on any atom is 0.255 e. The van der Waals surface area contributed by atoms with Gasteiger partial charge in [0, 0.05) is 25.0 Å². The van der Waals surface area contributed by atoms with Crippen molar-refractivity contribution in [2.24, 2.45) is 0 Å². The molecule has 1 fully saturated rings. The van der Waals surface area contributed by atoms with Crippen LogP contribution < -0.4 is 0 Å². The molecule has 20 heavy (non-hydrogen) atoms. The summed E-state index contributed by atoms with van der Waals surface area (Å²) >= 11 is 0. The second-order valence-electron chi connectivity index (χ2n) is 5.23. The van der Waals surface area contributed by atoms with Crippen molar-refractivity contribution < 1.29 is 4.79 Å². The third-order valence-electron chi connectivity index (χ3n) is 3.86. The lowest BCUT2D eigenvalue weighted by molar-refractivity contribution is 0.0736. The smallest absolute Gasteiger partial charge is 0.255 e. The zero-order valence-corrected chi connectivity index (χ0v) is 11.4. The number of carbonyl (C=O) groups is 1. The number of hydrogen-bond donors (Lipinski definition) is 0. The molecule has 1 aromatic carbocycles. The van der Waals surface area contributed by atoms with Crippen molar-refractivity contribution >= 4 is 5.91 Å². The molecule has 3 heteroatoms. The van der Waals surface area contributed by atoms with E-state index in [0.717, 1.165) is 25.8 Å². The highest BCUT2D eigenvalue weighted by Gasteiger charge is 2.29. The van der Waals surface area contributed by atoms with Crippen LogP contribution in [0.15, 0.2) is 54.9 Å². The maximum absolute atomic E-state index is 12.5. The first-order valence-corrected chi connectivity index (χ1v) is 7.09. The van der Waals surface area contributed by atoms with Crippen LogP contribution in [0.3, 0.4) is 0 Å². The topological polar surface area (TPSA) is 33.2 Å². The van der Waals surface area contributed by atoms with Crippen LogP contribution in [0.25, 0.3) is 0 Å². The monoisotopic (exact) mass is 266 g/mol. The standard InChI is InChI=1S/C17H18N2O/c20-17(15-8-4-10-18-13-15)19-11-5-9-16(19)12-14-6-2-1-3-7-14/h1-4,6-8,10,13,16H,5,9,11-12H2. The molecule has 0 radical (unpaired) electrons. The van der Waals surface area contributed by atoms with E-state index in [4.69, 9.17) is 0 Å². The molecule has 0 saturated carbocycles. The average Bonchev–Trinajstić information content (AvgIpc) is 2.96. The third-order valence-corrected chi connectivity index (χ3v) is 3.86. The van der Waals surface area contributed by atoms with Gasteiger partial charge in [0.2, 0.25) is 0 Å². The molecule has 0 spiro atoms. The summed E-state index contributed by atoms with van der Waals surface area (Å²) in [5.74, 6) is 0.108. The van der Waals surface area contributed by atoms with Crippen LogP contribution in [0, 0.1) is 0 Å². The molecule has 1 unspecified atom stereocenters. The van der Waals surface area contributed by atoms with Gasteiger partial charge in [-0.25, -0.2) is 0 Å². The Morgan fingerprint density at radius 3 is 2.80 bits per heavy atom. The fraction of sp³-hybridized carbons (Fsp3) is 0.294. The maximum atomic E-state index is 12.5. The van der Waals surface area contributed by atoms with E-state index < -0.39 is 0 Å². The lowest BCUT2D eigenvalue weighted by Crippen LogP contribution is -2.36. The number of nitrogens with zero attached hydrogens (tertiary/aromatic N) is 2. The Morgan fingerprint density at radius 2 is 2.05 bits per heavy atom. The van der Waals surface area contributed by atoms with E-state index in [1.807, 2.05) is 23.1 Å². The van der Waals surface area contributed by atoms with E-state index in [-0.39, 0.29) is 5.91 Å². The minimum atomic E-state index is 0.108. The molecule has 1 aromatic heterocycles. The minimum absolute atomic E-state index is 0.108. The lowest BCUT2D eigenvalue weighted by atomic mass is 10.0. The van der Waals surface area contributed by atoms with Crippen molar-refractivity contribution in [3.05, 3.63) is 66.0 Å². The summed E-state index contributed by atoms with van der Waals surface area (Å²) in [6.07, 6.45) is 6.46. The Hall–Kier alpha value is -2.16. The van der Waals surface area contributed by atoms with Gasteiger partial charge < -0.3 is 4.90 Å². The number of likely N-dealkylation sites (tertiary alicyclic amines) is 1. The van der Waals surface area contributed by atoms with Gasteiger partial charge in [0.15, 0.2) is 0 Å². The van der Waals surface area contributed by atoms with Crippen LogP contribution in [-0.4, -0.2) is 28.4 Å². The van der Waals surface area contributed by atoms with E-state index in [1.54, 1.807) is 12.4 Å². The first kappa shape index (κ1) is 12.9. The Kier molecular flexibility index (Phi) is 3.77. The predicted octanol–water partition coefficient (Wildman–Crippen LogP) is 2.93. The van der Waals surface area contributed by atoms with E-state index in [9.17, 15) is 4.79 Å². The van der Waals surface area contributed by atoms with E-state index >= 15 is 0 Å². The minimum Gasteiger partial charge on any atom is -0.335 e. The number of benzene rings is 1. The van der Waals surface area contributed by atoms with Crippen molar-refractivity contribution in [2.45, 2.75) is 25.3 Å². The zero-order chi connectivity index (χ0) is 13.8. The first-order chi connectivity index (χ1) is 9.84. The molecule has 1 atom stereocenters. The SMILES string of the molecule is O=C(c1cccnc1)N1CCCC1Cc1ccccc1. The van der Waals surface area contributed by atoms with Gasteiger partial charge in [-0.2, -0.15) is 0 Å². The molecule has 1 aliphatic rings. The predicted molar refractivity (Wildman–Crippen MR) is 78.4 cm³/mol. The number of rotatable bonds is 3. The van der Waals surface area contributed by atoms with Crippen LogP contribution in [0.5, 0.6) is 0 Å².